The van der Waals surface area contributed by atoms with Gasteiger partial charge in [-0.25, -0.2) is 4.79 Å². The monoisotopic (exact) mass is 407 g/mol. The van der Waals surface area contributed by atoms with E-state index in [1.54, 1.807) is 0 Å². The van der Waals surface area contributed by atoms with Crippen molar-refractivity contribution in [3.8, 4) is 0 Å². The first-order valence-corrected chi connectivity index (χ1v) is 9.70. The summed E-state index contributed by atoms with van der Waals surface area (Å²) in [6.07, 6.45) is 5.92. The Hall–Kier alpha value is -1.62. The summed E-state index contributed by atoms with van der Waals surface area (Å²) in [5.74, 6) is -1.31. The normalized spacial score (nSPS) is 17.2. The number of benzene rings is 1. The quantitative estimate of drug-likeness (QED) is 0.617. The molecule has 1 fully saturated rings. The van der Waals surface area contributed by atoms with Crippen LogP contribution in [0.25, 0.3) is 0 Å². The van der Waals surface area contributed by atoms with Crippen molar-refractivity contribution in [2.24, 2.45) is 11.1 Å². The molecule has 0 spiro atoms. The Morgan fingerprint density at radius 3 is 2.28 bits per heavy atom. The average molecular weight is 408 g/mol. The summed E-state index contributed by atoms with van der Waals surface area (Å²) < 4.78 is 0.952. The highest BCUT2D eigenvalue weighted by Gasteiger charge is 2.44. The van der Waals surface area contributed by atoms with Crippen molar-refractivity contribution < 1.29 is 14.7 Å². The highest BCUT2D eigenvalue weighted by molar-refractivity contribution is 9.10. The molecule has 0 radical (unpaired) electrons. The maximum atomic E-state index is 12.3. The maximum absolute atomic E-state index is 12.3. The third-order valence-corrected chi connectivity index (χ3v) is 5.73. The molecule has 0 saturated heterocycles. The molecule has 1 amide bonds. The number of aliphatic carboxylic acids is 1. The molecule has 1 aliphatic rings. The SMILES string of the molecule is CCCC/C(=C(/Cc1ccc(Br)cc1)C(=O)O)C1(C(N)=O)CCCC1. The van der Waals surface area contributed by atoms with Crippen molar-refractivity contribution >= 4 is 27.8 Å². The van der Waals surface area contributed by atoms with Crippen LogP contribution in [0, 0.1) is 5.41 Å². The van der Waals surface area contributed by atoms with Gasteiger partial charge < -0.3 is 10.8 Å². The van der Waals surface area contributed by atoms with Gasteiger partial charge in [-0.3, -0.25) is 4.79 Å². The van der Waals surface area contributed by atoms with Gasteiger partial charge in [0.05, 0.1) is 5.41 Å². The van der Waals surface area contributed by atoms with E-state index in [0.29, 0.717) is 31.3 Å². The van der Waals surface area contributed by atoms with Crippen LogP contribution in [0.4, 0.5) is 0 Å². The van der Waals surface area contributed by atoms with E-state index in [2.05, 4.69) is 22.9 Å². The fourth-order valence-electron chi connectivity index (χ4n) is 3.83. The number of amides is 1. The van der Waals surface area contributed by atoms with E-state index in [-0.39, 0.29) is 5.91 Å². The zero-order valence-electron chi connectivity index (χ0n) is 14.7. The molecular formula is C20H26BrNO3. The van der Waals surface area contributed by atoms with Crippen LogP contribution in [-0.4, -0.2) is 17.0 Å². The number of nitrogens with two attached hydrogens (primary N) is 1. The van der Waals surface area contributed by atoms with E-state index < -0.39 is 11.4 Å². The van der Waals surface area contributed by atoms with Crippen molar-refractivity contribution in [3.05, 3.63) is 45.4 Å². The Balaban J connectivity index is 2.51. The van der Waals surface area contributed by atoms with E-state index in [9.17, 15) is 14.7 Å². The Bertz CT molecular complexity index is 658. The number of unbranched alkanes of at least 4 members (excludes halogenated alkanes) is 1. The number of carbonyl (C=O) groups is 2. The first-order chi connectivity index (χ1) is 11.9. The van der Waals surface area contributed by atoms with Crippen molar-refractivity contribution in [2.45, 2.75) is 58.3 Å². The molecule has 0 aromatic heterocycles. The average Bonchev–Trinajstić information content (AvgIpc) is 3.06. The fourth-order valence-corrected chi connectivity index (χ4v) is 4.09. The lowest BCUT2D eigenvalue weighted by Crippen LogP contribution is -2.38. The third kappa shape index (κ3) is 4.51. The number of hydrogen-bond donors (Lipinski definition) is 2. The lowest BCUT2D eigenvalue weighted by atomic mass is 9.72. The zero-order valence-corrected chi connectivity index (χ0v) is 16.3. The summed E-state index contributed by atoms with van der Waals surface area (Å²) in [5.41, 5.74) is 7.03. The van der Waals surface area contributed by atoms with Gasteiger partial charge in [-0.05, 0) is 49.0 Å². The van der Waals surface area contributed by atoms with E-state index in [1.165, 1.54) is 0 Å². The van der Waals surface area contributed by atoms with Crippen LogP contribution in [0.3, 0.4) is 0 Å². The van der Waals surface area contributed by atoms with Crippen LogP contribution in [0.5, 0.6) is 0 Å². The Morgan fingerprint density at radius 2 is 1.80 bits per heavy atom. The van der Waals surface area contributed by atoms with Crippen LogP contribution >= 0.6 is 15.9 Å². The van der Waals surface area contributed by atoms with E-state index >= 15 is 0 Å². The van der Waals surface area contributed by atoms with Crippen LogP contribution < -0.4 is 5.73 Å². The molecule has 0 atom stereocenters. The summed E-state index contributed by atoms with van der Waals surface area (Å²) in [5, 5.41) is 9.90. The molecule has 1 aromatic carbocycles. The molecule has 5 heteroatoms. The van der Waals surface area contributed by atoms with Gasteiger partial charge >= 0.3 is 5.97 Å². The Labute approximate surface area is 157 Å². The number of carboxylic acids is 1. The van der Waals surface area contributed by atoms with Crippen LogP contribution in [-0.2, 0) is 16.0 Å². The van der Waals surface area contributed by atoms with Gasteiger partial charge in [0.25, 0.3) is 0 Å². The van der Waals surface area contributed by atoms with Gasteiger partial charge in [-0.1, -0.05) is 54.2 Å². The molecule has 1 aliphatic carbocycles. The van der Waals surface area contributed by atoms with Gasteiger partial charge in [0, 0.05) is 16.5 Å². The number of hydrogen-bond acceptors (Lipinski definition) is 2. The van der Waals surface area contributed by atoms with Crippen molar-refractivity contribution in [3.63, 3.8) is 0 Å². The predicted octanol–water partition coefficient (Wildman–Crippen LogP) is 4.61. The first kappa shape index (κ1) is 19.7. The molecule has 25 heavy (non-hydrogen) atoms. The molecule has 1 aromatic rings. The third-order valence-electron chi connectivity index (χ3n) is 5.20. The second-order valence-corrected chi connectivity index (χ2v) is 7.74. The molecule has 136 valence electrons. The first-order valence-electron chi connectivity index (χ1n) is 8.91. The minimum Gasteiger partial charge on any atom is -0.478 e. The minimum absolute atomic E-state index is 0.316. The second kappa shape index (κ2) is 8.65. The van der Waals surface area contributed by atoms with Crippen molar-refractivity contribution in [2.75, 3.05) is 0 Å². The van der Waals surface area contributed by atoms with Crippen molar-refractivity contribution in [1.29, 1.82) is 0 Å². The predicted molar refractivity (Wildman–Crippen MR) is 102 cm³/mol. The minimum atomic E-state index is -0.943. The molecule has 0 heterocycles. The molecule has 2 rings (SSSR count). The van der Waals surface area contributed by atoms with Gasteiger partial charge in [-0.2, -0.15) is 0 Å². The maximum Gasteiger partial charge on any atom is 0.331 e. The van der Waals surface area contributed by atoms with Crippen LogP contribution in [0.1, 0.15) is 57.4 Å². The Kier molecular flexibility index (Phi) is 6.82. The molecule has 4 nitrogen and oxygen atoms in total. The second-order valence-electron chi connectivity index (χ2n) is 6.82. The summed E-state index contributed by atoms with van der Waals surface area (Å²) in [6.45, 7) is 2.07. The summed E-state index contributed by atoms with van der Waals surface area (Å²) in [6, 6.07) is 7.63. The number of rotatable bonds is 8. The lowest BCUT2D eigenvalue weighted by molar-refractivity contribution is -0.133. The van der Waals surface area contributed by atoms with Gasteiger partial charge in [-0.15, -0.1) is 0 Å². The highest BCUT2D eigenvalue weighted by Crippen LogP contribution is 2.47. The molecular weight excluding hydrogens is 382 g/mol. The zero-order chi connectivity index (χ0) is 18.4. The van der Waals surface area contributed by atoms with E-state index in [4.69, 9.17) is 5.73 Å². The highest BCUT2D eigenvalue weighted by atomic mass is 79.9. The van der Waals surface area contributed by atoms with Gasteiger partial charge in [0.1, 0.15) is 0 Å². The summed E-state index contributed by atoms with van der Waals surface area (Å²) in [4.78, 5) is 24.4. The van der Waals surface area contributed by atoms with Gasteiger partial charge in [0.2, 0.25) is 5.91 Å². The topological polar surface area (TPSA) is 80.4 Å². The molecule has 0 aliphatic heterocycles. The fraction of sp³-hybridized carbons (Fsp3) is 0.500. The van der Waals surface area contributed by atoms with Crippen molar-refractivity contribution in [1.82, 2.24) is 0 Å². The lowest BCUT2D eigenvalue weighted by Gasteiger charge is -2.31. The summed E-state index contributed by atoms with van der Waals surface area (Å²) >= 11 is 3.40. The van der Waals surface area contributed by atoms with Crippen LogP contribution in [0.15, 0.2) is 39.9 Å². The number of primary amides is 1. The summed E-state index contributed by atoms with van der Waals surface area (Å²) in [7, 11) is 0. The van der Waals surface area contributed by atoms with E-state index in [0.717, 1.165) is 41.3 Å². The number of carbonyl (C=O) groups excluding carboxylic acids is 1. The smallest absolute Gasteiger partial charge is 0.331 e. The largest absolute Gasteiger partial charge is 0.478 e. The standard InChI is InChI=1S/C20H26BrNO3/c1-2-3-6-17(20(19(22)25)11-4-5-12-20)16(18(23)24)13-14-7-9-15(21)10-8-14/h7-10H,2-6,11-13H2,1H3,(H2,22,25)(H,23,24)/b17-16+. The van der Waals surface area contributed by atoms with E-state index in [1.807, 2.05) is 24.3 Å². The molecule has 1 saturated carbocycles. The molecule has 3 N–H and O–H groups in total. The van der Waals surface area contributed by atoms with Crippen LogP contribution in [0.2, 0.25) is 0 Å². The number of halogens is 1. The molecule has 0 bridgehead atoms. The number of carboxylic acid groups (broad SMARTS) is 1. The Morgan fingerprint density at radius 1 is 1.20 bits per heavy atom. The van der Waals surface area contributed by atoms with Gasteiger partial charge in [0.15, 0.2) is 0 Å². The molecule has 0 unspecified atom stereocenters.